The van der Waals surface area contributed by atoms with E-state index in [4.69, 9.17) is 9.47 Å². The number of esters is 1. The van der Waals surface area contributed by atoms with Gasteiger partial charge in [0.25, 0.3) is 11.6 Å². The lowest BCUT2D eigenvalue weighted by molar-refractivity contribution is -0.384. The predicted octanol–water partition coefficient (Wildman–Crippen LogP) is 2.92. The van der Waals surface area contributed by atoms with Gasteiger partial charge in [0.15, 0.2) is 6.61 Å². The zero-order valence-electron chi connectivity index (χ0n) is 17.9. The monoisotopic (exact) mass is 421 g/mol. The van der Waals surface area contributed by atoms with Gasteiger partial charge in [0.1, 0.15) is 5.69 Å². The van der Waals surface area contributed by atoms with Crippen molar-refractivity contribution in [3.05, 3.63) is 33.9 Å². The van der Waals surface area contributed by atoms with Crippen LogP contribution >= 0.6 is 0 Å². The number of carbonyl (C=O) groups excluding carboxylic acids is 2. The molecular formula is C21H31N3O6. The number of nitrogens with zero attached hydrogens (tertiary/aromatic N) is 2. The molecule has 9 nitrogen and oxygen atoms in total. The number of anilines is 1. The maximum absolute atomic E-state index is 12.3. The molecule has 1 fully saturated rings. The molecule has 1 saturated heterocycles. The number of hydrogen-bond acceptors (Lipinski definition) is 7. The number of nitro groups is 1. The van der Waals surface area contributed by atoms with E-state index in [1.807, 2.05) is 18.7 Å². The van der Waals surface area contributed by atoms with Crippen LogP contribution in [0.2, 0.25) is 0 Å². The minimum absolute atomic E-state index is 0.0497. The maximum atomic E-state index is 12.3. The topological polar surface area (TPSA) is 111 Å². The van der Waals surface area contributed by atoms with Gasteiger partial charge in [-0.05, 0) is 51.2 Å². The highest BCUT2D eigenvalue weighted by molar-refractivity contribution is 5.93. The quantitative estimate of drug-likeness (QED) is 0.268. The highest BCUT2D eigenvalue weighted by atomic mass is 16.6. The van der Waals surface area contributed by atoms with Crippen LogP contribution in [-0.2, 0) is 14.3 Å². The molecule has 1 heterocycles. The van der Waals surface area contributed by atoms with Gasteiger partial charge in [-0.1, -0.05) is 6.92 Å². The van der Waals surface area contributed by atoms with Crippen LogP contribution in [0, 0.1) is 16.0 Å². The fourth-order valence-electron chi connectivity index (χ4n) is 3.36. The van der Waals surface area contributed by atoms with Crippen LogP contribution in [0.15, 0.2) is 18.2 Å². The van der Waals surface area contributed by atoms with Crippen molar-refractivity contribution in [1.29, 1.82) is 0 Å². The van der Waals surface area contributed by atoms with Crippen molar-refractivity contribution < 1.29 is 24.0 Å². The van der Waals surface area contributed by atoms with Crippen molar-refractivity contribution in [3.8, 4) is 0 Å². The molecule has 1 N–H and O–H groups in total. The summed E-state index contributed by atoms with van der Waals surface area (Å²) in [4.78, 5) is 37.1. The molecule has 0 saturated carbocycles. The summed E-state index contributed by atoms with van der Waals surface area (Å²) >= 11 is 0. The lowest BCUT2D eigenvalue weighted by atomic mass is 9.99. The van der Waals surface area contributed by atoms with Gasteiger partial charge in [0.05, 0.1) is 16.6 Å². The summed E-state index contributed by atoms with van der Waals surface area (Å²) in [5.74, 6) is -0.741. The molecule has 30 heavy (non-hydrogen) atoms. The predicted molar refractivity (Wildman–Crippen MR) is 113 cm³/mol. The number of nitrogens with one attached hydrogen (secondary N) is 1. The SMILES string of the molecule is CC(C)OCCCNC(=O)COC(=O)c1ccc(N2CCC[C@H](C)C2)c([N+](=O)[O-])c1. The first-order chi connectivity index (χ1) is 14.3. The van der Waals surface area contributed by atoms with Gasteiger partial charge < -0.3 is 19.7 Å². The molecule has 166 valence electrons. The summed E-state index contributed by atoms with van der Waals surface area (Å²) in [6, 6.07) is 4.31. The second-order valence-electron chi connectivity index (χ2n) is 7.85. The van der Waals surface area contributed by atoms with Crippen molar-refractivity contribution in [2.24, 2.45) is 5.92 Å². The van der Waals surface area contributed by atoms with Crippen molar-refractivity contribution in [3.63, 3.8) is 0 Å². The van der Waals surface area contributed by atoms with E-state index in [1.165, 1.54) is 12.1 Å². The summed E-state index contributed by atoms with van der Waals surface area (Å²) in [5, 5.41) is 14.2. The molecule has 0 unspecified atom stereocenters. The zero-order chi connectivity index (χ0) is 22.1. The van der Waals surface area contributed by atoms with Crippen LogP contribution in [-0.4, -0.2) is 55.8 Å². The average Bonchev–Trinajstić information content (AvgIpc) is 2.71. The number of piperidine rings is 1. The lowest BCUT2D eigenvalue weighted by Gasteiger charge is -2.32. The Kier molecular flexibility index (Phi) is 9.04. The molecule has 0 bridgehead atoms. The molecule has 0 aromatic heterocycles. The average molecular weight is 421 g/mol. The molecule has 1 amide bonds. The van der Waals surface area contributed by atoms with Gasteiger partial charge in [-0.25, -0.2) is 4.79 Å². The number of benzene rings is 1. The molecule has 1 aliphatic rings. The van der Waals surface area contributed by atoms with E-state index in [0.29, 0.717) is 31.2 Å². The summed E-state index contributed by atoms with van der Waals surface area (Å²) in [7, 11) is 0. The second-order valence-corrected chi connectivity index (χ2v) is 7.85. The molecule has 0 aliphatic carbocycles. The van der Waals surface area contributed by atoms with Gasteiger partial charge in [-0.3, -0.25) is 14.9 Å². The van der Waals surface area contributed by atoms with Crippen LogP contribution in [0.3, 0.4) is 0 Å². The molecule has 0 radical (unpaired) electrons. The van der Waals surface area contributed by atoms with Crippen LogP contribution < -0.4 is 10.2 Å². The molecule has 1 aromatic rings. The molecule has 1 atom stereocenters. The van der Waals surface area contributed by atoms with E-state index < -0.39 is 23.4 Å². The molecule has 2 rings (SSSR count). The first-order valence-electron chi connectivity index (χ1n) is 10.4. The van der Waals surface area contributed by atoms with Crippen LogP contribution in [0.1, 0.15) is 50.4 Å². The van der Waals surface area contributed by atoms with E-state index in [2.05, 4.69) is 12.2 Å². The summed E-state index contributed by atoms with van der Waals surface area (Å²) < 4.78 is 10.4. The minimum atomic E-state index is -0.769. The number of hydrogen-bond donors (Lipinski definition) is 1. The largest absolute Gasteiger partial charge is 0.452 e. The Morgan fingerprint density at radius 1 is 1.37 bits per heavy atom. The van der Waals surface area contributed by atoms with Crippen molar-refractivity contribution >= 4 is 23.3 Å². The highest BCUT2D eigenvalue weighted by Crippen LogP contribution is 2.32. The third kappa shape index (κ3) is 7.29. The molecule has 0 spiro atoms. The fourth-order valence-corrected chi connectivity index (χ4v) is 3.36. The van der Waals surface area contributed by atoms with Gasteiger partial charge in [-0.2, -0.15) is 0 Å². The smallest absolute Gasteiger partial charge is 0.338 e. The Morgan fingerprint density at radius 3 is 2.80 bits per heavy atom. The molecular weight excluding hydrogens is 390 g/mol. The minimum Gasteiger partial charge on any atom is -0.452 e. The summed E-state index contributed by atoms with van der Waals surface area (Å²) in [6.45, 7) is 7.98. The van der Waals surface area contributed by atoms with Gasteiger partial charge in [-0.15, -0.1) is 0 Å². The number of nitro benzene ring substituents is 1. The van der Waals surface area contributed by atoms with Crippen LogP contribution in [0.25, 0.3) is 0 Å². The maximum Gasteiger partial charge on any atom is 0.338 e. The number of amides is 1. The Bertz CT molecular complexity index is 752. The highest BCUT2D eigenvalue weighted by Gasteiger charge is 2.25. The van der Waals surface area contributed by atoms with E-state index in [9.17, 15) is 19.7 Å². The number of carbonyl (C=O) groups is 2. The van der Waals surface area contributed by atoms with E-state index in [1.54, 1.807) is 6.07 Å². The number of rotatable bonds is 10. The Morgan fingerprint density at radius 2 is 2.13 bits per heavy atom. The molecule has 1 aliphatic heterocycles. The van der Waals surface area contributed by atoms with Gasteiger partial charge >= 0.3 is 5.97 Å². The first-order valence-corrected chi connectivity index (χ1v) is 10.4. The fraction of sp³-hybridized carbons (Fsp3) is 0.619. The lowest BCUT2D eigenvalue weighted by Crippen LogP contribution is -2.34. The standard InChI is InChI=1S/C21H31N3O6/c1-15(2)29-11-5-9-22-20(25)14-30-21(26)17-7-8-18(19(12-17)24(27)28)23-10-4-6-16(3)13-23/h7-8,12,15-16H,4-6,9-11,13-14H2,1-3H3,(H,22,25)/t16-/m0/s1. The van der Waals surface area contributed by atoms with E-state index in [-0.39, 0.29) is 17.4 Å². The van der Waals surface area contributed by atoms with E-state index >= 15 is 0 Å². The Labute approximate surface area is 176 Å². The van der Waals surface area contributed by atoms with Gasteiger partial charge in [0.2, 0.25) is 0 Å². The van der Waals surface area contributed by atoms with Crippen LogP contribution in [0.4, 0.5) is 11.4 Å². The normalized spacial score (nSPS) is 16.4. The summed E-state index contributed by atoms with van der Waals surface area (Å²) in [6.07, 6.45) is 2.86. The number of ether oxygens (including phenoxy) is 2. The van der Waals surface area contributed by atoms with Crippen molar-refractivity contribution in [2.45, 2.75) is 46.1 Å². The van der Waals surface area contributed by atoms with E-state index in [0.717, 1.165) is 25.9 Å². The third-order valence-corrected chi connectivity index (χ3v) is 4.83. The molecule has 9 heteroatoms. The third-order valence-electron chi connectivity index (χ3n) is 4.83. The van der Waals surface area contributed by atoms with Crippen molar-refractivity contribution in [2.75, 3.05) is 37.7 Å². The Balaban J connectivity index is 1.90. The molecule has 1 aromatic carbocycles. The first kappa shape index (κ1) is 23.6. The van der Waals surface area contributed by atoms with Crippen LogP contribution in [0.5, 0.6) is 0 Å². The Hall–Kier alpha value is -2.68. The van der Waals surface area contributed by atoms with Gasteiger partial charge in [0, 0.05) is 32.3 Å². The second kappa shape index (κ2) is 11.5. The zero-order valence-corrected chi connectivity index (χ0v) is 17.9. The summed E-state index contributed by atoms with van der Waals surface area (Å²) in [5.41, 5.74) is 0.422. The van der Waals surface area contributed by atoms with Crippen molar-refractivity contribution in [1.82, 2.24) is 5.32 Å².